The summed E-state index contributed by atoms with van der Waals surface area (Å²) in [5, 5.41) is 11.4. The number of azide groups is 1. The van der Waals surface area contributed by atoms with Gasteiger partial charge in [0, 0.05) is 4.91 Å². The van der Waals surface area contributed by atoms with E-state index in [4.69, 9.17) is 5.53 Å². The molecular weight excluding hydrogens is 280 g/mol. The third-order valence-electron chi connectivity index (χ3n) is 3.31. The van der Waals surface area contributed by atoms with Gasteiger partial charge < -0.3 is 0 Å². The minimum absolute atomic E-state index is 0.317. The van der Waals surface area contributed by atoms with Crippen LogP contribution in [0.25, 0.3) is 21.5 Å². The van der Waals surface area contributed by atoms with Gasteiger partial charge >= 0.3 is 0 Å². The van der Waals surface area contributed by atoms with E-state index in [-0.39, 0.29) is 0 Å². The Morgan fingerprint density at radius 2 is 1.91 bits per heavy atom. The Labute approximate surface area is 125 Å². The second-order valence-corrected chi connectivity index (χ2v) is 4.74. The maximum Gasteiger partial charge on any atom is 0.258 e. The van der Waals surface area contributed by atoms with E-state index >= 15 is 0 Å². The van der Waals surface area contributed by atoms with E-state index < -0.39 is 11.9 Å². The van der Waals surface area contributed by atoms with Gasteiger partial charge in [-0.3, -0.25) is 4.79 Å². The van der Waals surface area contributed by atoms with E-state index in [1.807, 2.05) is 36.4 Å². The van der Waals surface area contributed by atoms with Gasteiger partial charge in [-0.15, -0.1) is 5.10 Å². The Kier molecular flexibility index (Phi) is 3.80. The van der Waals surface area contributed by atoms with Crippen LogP contribution in [0.3, 0.4) is 0 Å². The van der Waals surface area contributed by atoms with Gasteiger partial charge in [-0.2, -0.15) is 4.68 Å². The zero-order chi connectivity index (χ0) is 15.4. The molecule has 0 spiro atoms. The number of nitrogens with zero attached hydrogens (tertiary/aromatic N) is 6. The summed E-state index contributed by atoms with van der Waals surface area (Å²) in [6.07, 6.45) is 0.317. The predicted octanol–water partition coefficient (Wildman–Crippen LogP) is 2.99. The van der Waals surface area contributed by atoms with Crippen molar-refractivity contribution in [3.63, 3.8) is 0 Å². The van der Waals surface area contributed by atoms with E-state index in [1.54, 1.807) is 18.2 Å². The Morgan fingerprint density at radius 3 is 2.68 bits per heavy atom. The standard InChI is InChI=1S/C15H12N6O/c16-19-17-13(10-11-6-2-1-3-7-11)15(22)21-14-9-5-4-8-12(14)18-20-21/h1-9,13H,10H2. The minimum Gasteiger partial charge on any atom is -0.272 e. The molecule has 22 heavy (non-hydrogen) atoms. The number of carbonyl (C=O) groups is 1. The van der Waals surface area contributed by atoms with Gasteiger partial charge in [0.25, 0.3) is 5.91 Å². The number of carbonyl (C=O) groups excluding carboxylic acids is 1. The van der Waals surface area contributed by atoms with Gasteiger partial charge in [0.2, 0.25) is 0 Å². The molecule has 108 valence electrons. The quantitative estimate of drug-likeness (QED) is 0.420. The number of aromatic nitrogens is 3. The molecule has 0 saturated heterocycles. The second-order valence-electron chi connectivity index (χ2n) is 4.74. The zero-order valence-electron chi connectivity index (χ0n) is 11.6. The fraction of sp³-hybridized carbons (Fsp3) is 0.133. The van der Waals surface area contributed by atoms with Crippen molar-refractivity contribution in [2.24, 2.45) is 5.11 Å². The molecule has 0 bridgehead atoms. The molecule has 1 aromatic heterocycles. The molecule has 0 radical (unpaired) electrons. The summed E-state index contributed by atoms with van der Waals surface area (Å²) in [5.41, 5.74) is 10.9. The molecule has 0 aliphatic heterocycles. The summed E-state index contributed by atoms with van der Waals surface area (Å²) < 4.78 is 1.19. The summed E-state index contributed by atoms with van der Waals surface area (Å²) in [6, 6.07) is 15.7. The summed E-state index contributed by atoms with van der Waals surface area (Å²) in [4.78, 5) is 15.4. The van der Waals surface area contributed by atoms with Crippen LogP contribution in [0, 0.1) is 0 Å². The molecule has 0 aliphatic rings. The molecular formula is C15H12N6O. The predicted molar refractivity (Wildman–Crippen MR) is 81.2 cm³/mol. The van der Waals surface area contributed by atoms with Crippen LogP contribution in [0.4, 0.5) is 0 Å². The highest BCUT2D eigenvalue weighted by Crippen LogP contribution is 2.13. The Bertz CT molecular complexity index is 851. The number of hydrogen-bond donors (Lipinski definition) is 0. The first kappa shape index (κ1) is 13.8. The van der Waals surface area contributed by atoms with Crippen LogP contribution in [0.2, 0.25) is 0 Å². The zero-order valence-corrected chi connectivity index (χ0v) is 11.6. The molecule has 1 atom stereocenters. The van der Waals surface area contributed by atoms with Gasteiger partial charge in [-0.25, -0.2) is 0 Å². The van der Waals surface area contributed by atoms with E-state index in [1.165, 1.54) is 4.68 Å². The van der Waals surface area contributed by atoms with E-state index in [0.717, 1.165) is 5.56 Å². The van der Waals surface area contributed by atoms with Gasteiger partial charge in [0.15, 0.2) is 0 Å². The summed E-state index contributed by atoms with van der Waals surface area (Å²) in [6.45, 7) is 0. The third-order valence-corrected chi connectivity index (χ3v) is 3.31. The topological polar surface area (TPSA) is 96.5 Å². The molecule has 7 nitrogen and oxygen atoms in total. The van der Waals surface area contributed by atoms with E-state index in [9.17, 15) is 4.79 Å². The summed E-state index contributed by atoms with van der Waals surface area (Å²) in [7, 11) is 0. The first-order valence-electron chi connectivity index (χ1n) is 6.72. The Balaban J connectivity index is 1.94. The van der Waals surface area contributed by atoms with Crippen LogP contribution in [0.15, 0.2) is 59.7 Å². The van der Waals surface area contributed by atoms with E-state index in [0.29, 0.717) is 17.5 Å². The van der Waals surface area contributed by atoms with Gasteiger partial charge in [0.05, 0.1) is 5.52 Å². The van der Waals surface area contributed by atoms with Crippen LogP contribution < -0.4 is 0 Å². The smallest absolute Gasteiger partial charge is 0.258 e. The Morgan fingerprint density at radius 1 is 1.18 bits per heavy atom. The number of hydrogen-bond acceptors (Lipinski definition) is 4. The minimum atomic E-state index is -0.863. The van der Waals surface area contributed by atoms with Crippen LogP contribution in [-0.2, 0) is 6.42 Å². The summed E-state index contributed by atoms with van der Waals surface area (Å²) >= 11 is 0. The van der Waals surface area contributed by atoms with Crippen molar-refractivity contribution < 1.29 is 4.79 Å². The van der Waals surface area contributed by atoms with Crippen molar-refractivity contribution in [1.82, 2.24) is 15.0 Å². The van der Waals surface area contributed by atoms with Crippen molar-refractivity contribution in [1.29, 1.82) is 0 Å². The van der Waals surface area contributed by atoms with Gasteiger partial charge in [-0.1, -0.05) is 52.8 Å². The highest BCUT2D eigenvalue weighted by molar-refractivity contribution is 5.92. The fourth-order valence-corrected chi connectivity index (χ4v) is 2.25. The molecule has 3 aromatic rings. The van der Waals surface area contributed by atoms with Crippen molar-refractivity contribution in [3.05, 3.63) is 70.6 Å². The SMILES string of the molecule is [N-]=[N+]=NC(Cc1ccccc1)C(=O)n1nnc2ccccc21. The summed E-state index contributed by atoms with van der Waals surface area (Å²) in [5.74, 6) is -0.393. The maximum atomic E-state index is 12.6. The molecule has 0 N–H and O–H groups in total. The molecule has 1 heterocycles. The number of para-hydroxylation sites is 1. The molecule has 0 saturated carbocycles. The lowest BCUT2D eigenvalue weighted by molar-refractivity contribution is 0.0866. The molecule has 2 aromatic carbocycles. The average Bonchev–Trinajstić information content (AvgIpc) is 2.99. The van der Waals surface area contributed by atoms with E-state index in [2.05, 4.69) is 20.3 Å². The molecule has 1 unspecified atom stereocenters. The first-order valence-corrected chi connectivity index (χ1v) is 6.72. The monoisotopic (exact) mass is 292 g/mol. The van der Waals surface area contributed by atoms with Crippen LogP contribution in [0.5, 0.6) is 0 Å². The highest BCUT2D eigenvalue weighted by Gasteiger charge is 2.22. The normalized spacial score (nSPS) is 11.8. The van der Waals surface area contributed by atoms with Crippen LogP contribution >= 0.6 is 0 Å². The first-order chi connectivity index (χ1) is 10.8. The lowest BCUT2D eigenvalue weighted by Crippen LogP contribution is -2.27. The van der Waals surface area contributed by atoms with Crippen LogP contribution in [-0.4, -0.2) is 26.9 Å². The lowest BCUT2D eigenvalue weighted by Gasteiger charge is -2.10. The third kappa shape index (κ3) is 2.65. The van der Waals surface area contributed by atoms with Gasteiger partial charge in [0.1, 0.15) is 11.6 Å². The molecule has 0 amide bonds. The molecule has 7 heteroatoms. The Hall–Kier alpha value is -3.18. The lowest BCUT2D eigenvalue weighted by atomic mass is 10.1. The average molecular weight is 292 g/mol. The van der Waals surface area contributed by atoms with Crippen LogP contribution in [0.1, 0.15) is 10.4 Å². The fourth-order valence-electron chi connectivity index (χ4n) is 2.25. The number of benzene rings is 2. The van der Waals surface area contributed by atoms with Crippen molar-refractivity contribution in [3.8, 4) is 0 Å². The number of rotatable bonds is 4. The van der Waals surface area contributed by atoms with Crippen molar-refractivity contribution in [2.45, 2.75) is 12.5 Å². The van der Waals surface area contributed by atoms with Crippen molar-refractivity contribution in [2.75, 3.05) is 0 Å². The maximum absolute atomic E-state index is 12.6. The largest absolute Gasteiger partial charge is 0.272 e. The highest BCUT2D eigenvalue weighted by atomic mass is 16.2. The number of fused-ring (bicyclic) bond motifs is 1. The molecule has 3 rings (SSSR count). The second kappa shape index (κ2) is 6.07. The van der Waals surface area contributed by atoms with Gasteiger partial charge in [-0.05, 0) is 29.6 Å². The molecule has 0 aliphatic carbocycles. The van der Waals surface area contributed by atoms with Crippen molar-refractivity contribution >= 4 is 16.9 Å². The molecule has 0 fully saturated rings.